The van der Waals surface area contributed by atoms with Gasteiger partial charge >= 0.3 is 0 Å². The fraction of sp³-hybridized carbons (Fsp3) is 0.0556. The number of ether oxygens (including phenoxy) is 2. The Kier molecular flexibility index (Phi) is 3.14. The summed E-state index contributed by atoms with van der Waals surface area (Å²) in [5, 5.41) is 3.21. The van der Waals surface area contributed by atoms with Gasteiger partial charge in [-0.2, -0.15) is 0 Å². The molecule has 0 bridgehead atoms. The largest absolute Gasteiger partial charge is 0.454 e. The zero-order valence-corrected chi connectivity index (χ0v) is 13.6. The molecule has 0 atom stereocenters. The molecule has 2 aromatic carbocycles. The van der Waals surface area contributed by atoms with E-state index < -0.39 is 0 Å². The van der Waals surface area contributed by atoms with E-state index in [0.29, 0.717) is 23.1 Å². The average Bonchev–Trinajstić information content (AvgIpc) is 3.30. The van der Waals surface area contributed by atoms with Gasteiger partial charge in [0.2, 0.25) is 6.79 Å². The molecule has 8 heteroatoms. The Morgan fingerprint density at radius 1 is 1.00 bits per heavy atom. The topological polar surface area (TPSA) is 100 Å². The monoisotopic (exact) mass is 346 g/mol. The SMILES string of the molecule is Nc1c(Nc2ccc3c(c2)OCO3)ncnc1-n1cnc2ccccc21. The predicted molar refractivity (Wildman–Crippen MR) is 96.9 cm³/mol. The molecule has 0 radical (unpaired) electrons. The van der Waals surface area contributed by atoms with Crippen LogP contribution >= 0.6 is 0 Å². The van der Waals surface area contributed by atoms with E-state index >= 15 is 0 Å². The lowest BCUT2D eigenvalue weighted by Crippen LogP contribution is -2.07. The Morgan fingerprint density at radius 3 is 2.85 bits per heavy atom. The second kappa shape index (κ2) is 5.62. The first kappa shape index (κ1) is 14.5. The third-order valence-corrected chi connectivity index (χ3v) is 4.18. The Bertz CT molecular complexity index is 1120. The van der Waals surface area contributed by atoms with Crippen LogP contribution in [0.1, 0.15) is 0 Å². The number of nitrogens with two attached hydrogens (primary N) is 1. The van der Waals surface area contributed by atoms with Gasteiger partial charge in [-0.05, 0) is 24.3 Å². The highest BCUT2D eigenvalue weighted by molar-refractivity contribution is 5.81. The second-order valence-corrected chi connectivity index (χ2v) is 5.76. The van der Waals surface area contributed by atoms with E-state index in [-0.39, 0.29) is 6.79 Å². The van der Waals surface area contributed by atoms with Crippen LogP contribution in [0.4, 0.5) is 17.2 Å². The molecule has 0 spiro atoms. The number of fused-ring (bicyclic) bond motifs is 2. The summed E-state index contributed by atoms with van der Waals surface area (Å²) >= 11 is 0. The van der Waals surface area contributed by atoms with Crippen LogP contribution in [0.15, 0.2) is 55.1 Å². The third kappa shape index (κ3) is 2.27. The molecule has 4 aromatic rings. The fourth-order valence-electron chi connectivity index (χ4n) is 2.92. The van der Waals surface area contributed by atoms with Gasteiger partial charge in [-0.3, -0.25) is 4.57 Å². The van der Waals surface area contributed by atoms with Gasteiger partial charge in [-0.1, -0.05) is 12.1 Å². The predicted octanol–water partition coefficient (Wildman–Crippen LogP) is 2.87. The Labute approximate surface area is 148 Å². The third-order valence-electron chi connectivity index (χ3n) is 4.18. The fourth-order valence-corrected chi connectivity index (χ4v) is 2.92. The maximum absolute atomic E-state index is 6.33. The van der Waals surface area contributed by atoms with Crippen LogP contribution in [0, 0.1) is 0 Å². The normalized spacial score (nSPS) is 12.5. The van der Waals surface area contributed by atoms with Crippen LogP contribution in [0.3, 0.4) is 0 Å². The highest BCUT2D eigenvalue weighted by atomic mass is 16.7. The van der Waals surface area contributed by atoms with E-state index in [9.17, 15) is 0 Å². The van der Waals surface area contributed by atoms with Crippen LogP contribution in [0.25, 0.3) is 16.9 Å². The molecule has 3 heterocycles. The summed E-state index contributed by atoms with van der Waals surface area (Å²) < 4.78 is 12.6. The molecule has 0 fully saturated rings. The summed E-state index contributed by atoms with van der Waals surface area (Å²) in [5.74, 6) is 2.48. The number of anilines is 3. The number of para-hydroxylation sites is 2. The van der Waals surface area contributed by atoms with Crippen LogP contribution < -0.4 is 20.5 Å². The van der Waals surface area contributed by atoms with E-state index in [1.807, 2.05) is 47.0 Å². The number of nitrogens with one attached hydrogen (secondary N) is 1. The van der Waals surface area contributed by atoms with Crippen LogP contribution in [0.5, 0.6) is 11.5 Å². The quantitative estimate of drug-likeness (QED) is 0.588. The average molecular weight is 346 g/mol. The summed E-state index contributed by atoms with van der Waals surface area (Å²) in [6, 6.07) is 13.4. The van der Waals surface area contributed by atoms with Crippen molar-refractivity contribution in [3.8, 4) is 17.3 Å². The molecule has 26 heavy (non-hydrogen) atoms. The van der Waals surface area contributed by atoms with Crippen molar-refractivity contribution in [1.82, 2.24) is 19.5 Å². The number of benzene rings is 2. The Morgan fingerprint density at radius 2 is 1.88 bits per heavy atom. The van der Waals surface area contributed by atoms with Crippen LogP contribution in [-0.2, 0) is 0 Å². The van der Waals surface area contributed by atoms with Gasteiger partial charge < -0.3 is 20.5 Å². The highest BCUT2D eigenvalue weighted by Crippen LogP contribution is 2.36. The van der Waals surface area contributed by atoms with E-state index in [1.54, 1.807) is 6.33 Å². The van der Waals surface area contributed by atoms with Crippen molar-refractivity contribution in [1.29, 1.82) is 0 Å². The zero-order valence-electron chi connectivity index (χ0n) is 13.6. The van der Waals surface area contributed by atoms with Gasteiger partial charge in [0.25, 0.3) is 0 Å². The van der Waals surface area contributed by atoms with Gasteiger partial charge in [0.15, 0.2) is 23.1 Å². The maximum atomic E-state index is 6.33. The first-order chi connectivity index (χ1) is 12.8. The second-order valence-electron chi connectivity index (χ2n) is 5.76. The smallest absolute Gasteiger partial charge is 0.231 e. The molecule has 0 saturated heterocycles. The molecule has 1 aliphatic rings. The van der Waals surface area contributed by atoms with E-state index in [1.165, 1.54) is 6.33 Å². The van der Waals surface area contributed by atoms with Crippen molar-refractivity contribution in [3.63, 3.8) is 0 Å². The lowest BCUT2D eigenvalue weighted by Gasteiger charge is -2.12. The van der Waals surface area contributed by atoms with Crippen molar-refractivity contribution in [2.24, 2.45) is 0 Å². The summed E-state index contributed by atoms with van der Waals surface area (Å²) in [6.07, 6.45) is 3.17. The molecule has 3 N–H and O–H groups in total. The molecule has 1 aliphatic heterocycles. The number of imidazole rings is 1. The maximum Gasteiger partial charge on any atom is 0.231 e. The lowest BCUT2D eigenvalue weighted by molar-refractivity contribution is 0.174. The van der Waals surface area contributed by atoms with Gasteiger partial charge in [0, 0.05) is 11.8 Å². The van der Waals surface area contributed by atoms with Crippen LogP contribution in [-0.4, -0.2) is 26.3 Å². The zero-order chi connectivity index (χ0) is 17.5. The molecule has 0 unspecified atom stereocenters. The van der Waals surface area contributed by atoms with E-state index in [4.69, 9.17) is 15.2 Å². The molecule has 0 amide bonds. The van der Waals surface area contributed by atoms with Gasteiger partial charge in [-0.25, -0.2) is 15.0 Å². The highest BCUT2D eigenvalue weighted by Gasteiger charge is 2.16. The minimum Gasteiger partial charge on any atom is -0.454 e. The molecular formula is C18H14N6O2. The first-order valence-electron chi connectivity index (χ1n) is 7.99. The summed E-state index contributed by atoms with van der Waals surface area (Å²) in [7, 11) is 0. The number of nitrogens with zero attached hydrogens (tertiary/aromatic N) is 4. The summed E-state index contributed by atoms with van der Waals surface area (Å²) in [4.78, 5) is 13.0. The van der Waals surface area contributed by atoms with Gasteiger partial charge in [0.05, 0.1) is 11.0 Å². The number of rotatable bonds is 3. The van der Waals surface area contributed by atoms with E-state index in [2.05, 4.69) is 20.3 Å². The van der Waals surface area contributed by atoms with Crippen molar-refractivity contribution in [2.75, 3.05) is 17.8 Å². The minimum atomic E-state index is 0.228. The number of nitrogen functional groups attached to an aromatic ring is 1. The van der Waals surface area contributed by atoms with Gasteiger partial charge in [0.1, 0.15) is 18.3 Å². The molecule has 2 aromatic heterocycles. The number of hydrogen-bond donors (Lipinski definition) is 2. The molecule has 0 saturated carbocycles. The molecule has 128 valence electrons. The summed E-state index contributed by atoms with van der Waals surface area (Å²) in [5.41, 5.74) is 9.35. The van der Waals surface area contributed by atoms with Gasteiger partial charge in [-0.15, -0.1) is 0 Å². The molecule has 5 rings (SSSR count). The Balaban J connectivity index is 1.54. The molecular weight excluding hydrogens is 332 g/mol. The minimum absolute atomic E-state index is 0.228. The molecule has 0 aliphatic carbocycles. The number of hydrogen-bond acceptors (Lipinski definition) is 7. The standard InChI is InChI=1S/C18H14N6O2/c19-16-17(23-11-5-6-14-15(7-11)26-10-25-14)20-8-21-18(16)24-9-22-12-3-1-2-4-13(12)24/h1-9H,10,19H2,(H,20,21,23). The van der Waals surface area contributed by atoms with E-state index in [0.717, 1.165) is 22.5 Å². The molecule has 8 nitrogen and oxygen atoms in total. The van der Waals surface area contributed by atoms with Crippen molar-refractivity contribution in [2.45, 2.75) is 0 Å². The Hall–Kier alpha value is -3.81. The van der Waals surface area contributed by atoms with Crippen molar-refractivity contribution in [3.05, 3.63) is 55.1 Å². The first-order valence-corrected chi connectivity index (χ1v) is 7.99. The van der Waals surface area contributed by atoms with Crippen molar-refractivity contribution < 1.29 is 9.47 Å². The van der Waals surface area contributed by atoms with Crippen molar-refractivity contribution >= 4 is 28.2 Å². The summed E-state index contributed by atoms with van der Waals surface area (Å²) in [6.45, 7) is 0.228. The lowest BCUT2D eigenvalue weighted by atomic mass is 10.2. The van der Waals surface area contributed by atoms with Crippen LogP contribution in [0.2, 0.25) is 0 Å². The number of aromatic nitrogens is 4.